The van der Waals surface area contributed by atoms with Gasteiger partial charge in [-0.05, 0) is 73.6 Å². The number of para-hydroxylation sites is 1. The van der Waals surface area contributed by atoms with Gasteiger partial charge in [-0.25, -0.2) is 0 Å². The van der Waals surface area contributed by atoms with Crippen LogP contribution in [0.5, 0.6) is 0 Å². The molecular weight excluding hydrogens is 456 g/mol. The van der Waals surface area contributed by atoms with Gasteiger partial charge in [-0.3, -0.25) is 9.69 Å². The summed E-state index contributed by atoms with van der Waals surface area (Å²) in [5.74, 6) is 0.278. The number of hydrogen-bond acceptors (Lipinski definition) is 3. The maximum Gasteiger partial charge on any atom is 0.223 e. The average molecular weight is 495 g/mol. The van der Waals surface area contributed by atoms with Crippen LogP contribution in [0, 0.1) is 12.8 Å². The van der Waals surface area contributed by atoms with E-state index in [2.05, 4.69) is 105 Å². The molecule has 2 heterocycles. The first-order valence-corrected chi connectivity index (χ1v) is 13.4. The van der Waals surface area contributed by atoms with E-state index < -0.39 is 0 Å². The van der Waals surface area contributed by atoms with Crippen molar-refractivity contribution >= 4 is 22.5 Å². The van der Waals surface area contributed by atoms with Gasteiger partial charge in [0.25, 0.3) is 0 Å². The lowest BCUT2D eigenvalue weighted by Gasteiger charge is -2.31. The lowest BCUT2D eigenvalue weighted by molar-refractivity contribution is -0.126. The minimum absolute atomic E-state index is 0.0930. The Balaban J connectivity index is 1.19. The van der Waals surface area contributed by atoms with E-state index in [4.69, 9.17) is 0 Å². The highest BCUT2D eigenvalue weighted by Crippen LogP contribution is 2.25. The number of anilines is 1. The molecule has 1 aliphatic rings. The predicted molar refractivity (Wildman–Crippen MR) is 153 cm³/mol. The number of rotatable bonds is 8. The van der Waals surface area contributed by atoms with Crippen LogP contribution in [0.25, 0.3) is 10.9 Å². The minimum atomic E-state index is 0.0930. The third kappa shape index (κ3) is 6.05. The number of aromatic nitrogens is 1. The molecule has 0 saturated carbocycles. The maximum atomic E-state index is 12.9. The van der Waals surface area contributed by atoms with E-state index in [0.717, 1.165) is 44.6 Å². The van der Waals surface area contributed by atoms with Gasteiger partial charge in [-0.1, -0.05) is 60.2 Å². The van der Waals surface area contributed by atoms with E-state index in [1.165, 1.54) is 33.4 Å². The van der Waals surface area contributed by atoms with Gasteiger partial charge in [0.15, 0.2) is 0 Å². The molecule has 1 amide bonds. The second-order valence-electron chi connectivity index (χ2n) is 10.6. The molecule has 1 N–H and O–H groups in total. The number of hydrogen-bond donors (Lipinski definition) is 1. The Morgan fingerprint density at radius 2 is 1.65 bits per heavy atom. The summed E-state index contributed by atoms with van der Waals surface area (Å²) in [5, 5.41) is 4.46. The summed E-state index contributed by atoms with van der Waals surface area (Å²) in [6.45, 7) is 6.42. The largest absolute Gasteiger partial charge is 0.378 e. The Kier molecular flexibility index (Phi) is 7.61. The summed E-state index contributed by atoms with van der Waals surface area (Å²) >= 11 is 0. The fourth-order valence-electron chi connectivity index (χ4n) is 5.41. The van der Waals surface area contributed by atoms with Crippen molar-refractivity contribution in [1.82, 2.24) is 14.8 Å². The van der Waals surface area contributed by atoms with Crippen molar-refractivity contribution in [1.29, 1.82) is 0 Å². The molecule has 0 atom stereocenters. The molecule has 1 aromatic heterocycles. The van der Waals surface area contributed by atoms with Crippen LogP contribution in [0.1, 0.15) is 35.2 Å². The number of aryl methyl sites for hydroxylation is 1. The molecule has 0 bridgehead atoms. The minimum Gasteiger partial charge on any atom is -0.378 e. The Morgan fingerprint density at radius 1 is 0.892 bits per heavy atom. The summed E-state index contributed by atoms with van der Waals surface area (Å²) in [4.78, 5) is 17.5. The third-order valence-electron chi connectivity index (χ3n) is 7.58. The first-order chi connectivity index (χ1) is 18.0. The molecule has 0 unspecified atom stereocenters. The van der Waals surface area contributed by atoms with Gasteiger partial charge >= 0.3 is 0 Å². The molecule has 3 aromatic carbocycles. The first-order valence-electron chi connectivity index (χ1n) is 13.4. The molecule has 37 heavy (non-hydrogen) atoms. The van der Waals surface area contributed by atoms with Crippen molar-refractivity contribution in [2.75, 3.05) is 32.1 Å². The monoisotopic (exact) mass is 494 g/mol. The molecule has 0 aliphatic carbocycles. The van der Waals surface area contributed by atoms with Crippen molar-refractivity contribution in [3.63, 3.8) is 0 Å². The van der Waals surface area contributed by atoms with Crippen molar-refractivity contribution < 1.29 is 4.79 Å². The third-order valence-corrected chi connectivity index (χ3v) is 7.58. The van der Waals surface area contributed by atoms with Crippen molar-refractivity contribution in [2.24, 2.45) is 5.92 Å². The van der Waals surface area contributed by atoms with E-state index in [-0.39, 0.29) is 11.8 Å². The van der Waals surface area contributed by atoms with Crippen LogP contribution in [0.2, 0.25) is 0 Å². The zero-order chi connectivity index (χ0) is 25.8. The number of fused-ring (bicyclic) bond motifs is 1. The van der Waals surface area contributed by atoms with Gasteiger partial charge in [0, 0.05) is 56.5 Å². The Bertz CT molecular complexity index is 1350. The number of likely N-dealkylation sites (tertiary alicyclic amines) is 1. The van der Waals surface area contributed by atoms with Gasteiger partial charge < -0.3 is 14.8 Å². The van der Waals surface area contributed by atoms with Crippen molar-refractivity contribution in [3.8, 4) is 0 Å². The molecule has 5 heteroatoms. The van der Waals surface area contributed by atoms with Crippen molar-refractivity contribution in [2.45, 2.75) is 39.4 Å². The quantitative estimate of drug-likeness (QED) is 0.347. The molecule has 1 fully saturated rings. The zero-order valence-corrected chi connectivity index (χ0v) is 22.3. The highest BCUT2D eigenvalue weighted by Gasteiger charge is 2.25. The highest BCUT2D eigenvalue weighted by molar-refractivity contribution is 5.81. The van der Waals surface area contributed by atoms with Gasteiger partial charge in [-0.2, -0.15) is 0 Å². The molecule has 192 valence electrons. The maximum absolute atomic E-state index is 12.9. The SMILES string of the molecule is Cc1cccc(Cn2c(CN3CCC(C(=O)NCc4ccc(N(C)C)cc4)CC3)cc3ccccc32)c1. The van der Waals surface area contributed by atoms with Gasteiger partial charge in [0.05, 0.1) is 0 Å². The molecule has 5 rings (SSSR count). The number of benzene rings is 3. The number of piperidine rings is 1. The lowest BCUT2D eigenvalue weighted by Crippen LogP contribution is -2.40. The van der Waals surface area contributed by atoms with Gasteiger partial charge in [0.2, 0.25) is 5.91 Å². The van der Waals surface area contributed by atoms with Crippen LogP contribution in [0.3, 0.4) is 0 Å². The second-order valence-corrected chi connectivity index (χ2v) is 10.6. The number of carbonyl (C=O) groups excluding carboxylic acids is 1. The molecule has 1 saturated heterocycles. The van der Waals surface area contributed by atoms with Gasteiger partial charge in [-0.15, -0.1) is 0 Å². The average Bonchev–Trinajstić information content (AvgIpc) is 3.24. The Hall–Kier alpha value is -3.57. The fourth-order valence-corrected chi connectivity index (χ4v) is 5.41. The zero-order valence-electron chi connectivity index (χ0n) is 22.3. The van der Waals surface area contributed by atoms with E-state index in [0.29, 0.717) is 6.54 Å². The lowest BCUT2D eigenvalue weighted by atomic mass is 9.95. The van der Waals surface area contributed by atoms with Crippen LogP contribution in [0.4, 0.5) is 5.69 Å². The Morgan fingerprint density at radius 3 is 2.38 bits per heavy atom. The first kappa shape index (κ1) is 25.1. The normalized spacial score (nSPS) is 14.7. The number of amides is 1. The standard InChI is InChI=1S/C32H38N4O/c1-24-7-6-8-26(19-24)22-36-30(20-28-9-4-5-10-31(28)36)23-35-17-15-27(16-18-35)32(37)33-21-25-11-13-29(14-12-25)34(2)3/h4-14,19-20,27H,15-18,21-23H2,1-3H3,(H,33,37). The van der Waals surface area contributed by atoms with Gasteiger partial charge in [0.1, 0.15) is 0 Å². The molecule has 1 aliphatic heterocycles. The van der Waals surface area contributed by atoms with Crippen LogP contribution >= 0.6 is 0 Å². The van der Waals surface area contributed by atoms with Crippen LogP contribution in [0.15, 0.2) is 78.9 Å². The summed E-state index contributed by atoms with van der Waals surface area (Å²) in [7, 11) is 4.07. The summed E-state index contributed by atoms with van der Waals surface area (Å²) < 4.78 is 2.46. The smallest absolute Gasteiger partial charge is 0.223 e. The number of carbonyl (C=O) groups is 1. The van der Waals surface area contributed by atoms with Crippen LogP contribution in [-0.4, -0.2) is 42.6 Å². The number of nitrogens with zero attached hydrogens (tertiary/aromatic N) is 3. The van der Waals surface area contributed by atoms with Crippen LogP contribution < -0.4 is 10.2 Å². The van der Waals surface area contributed by atoms with E-state index in [9.17, 15) is 4.79 Å². The predicted octanol–water partition coefficient (Wildman–Crippen LogP) is 5.59. The summed E-state index contributed by atoms with van der Waals surface area (Å²) in [6.07, 6.45) is 1.81. The van der Waals surface area contributed by atoms with E-state index in [1.54, 1.807) is 0 Å². The van der Waals surface area contributed by atoms with E-state index in [1.807, 2.05) is 14.1 Å². The molecule has 0 radical (unpaired) electrons. The topological polar surface area (TPSA) is 40.5 Å². The summed E-state index contributed by atoms with van der Waals surface area (Å²) in [6, 6.07) is 28.2. The summed E-state index contributed by atoms with van der Waals surface area (Å²) in [5.41, 5.74) is 7.55. The van der Waals surface area contributed by atoms with Crippen LogP contribution in [-0.2, 0) is 24.4 Å². The fraction of sp³-hybridized carbons (Fsp3) is 0.344. The van der Waals surface area contributed by atoms with E-state index >= 15 is 0 Å². The number of nitrogens with one attached hydrogen (secondary N) is 1. The Labute approximate surface area is 220 Å². The highest BCUT2D eigenvalue weighted by atomic mass is 16.1. The molecule has 5 nitrogen and oxygen atoms in total. The second kappa shape index (κ2) is 11.2. The molecule has 0 spiro atoms. The molecule has 4 aromatic rings. The molecular formula is C32H38N4O. The van der Waals surface area contributed by atoms with Crippen molar-refractivity contribution in [3.05, 3.63) is 101 Å².